The minimum absolute atomic E-state index is 0.284. The zero-order valence-electron chi connectivity index (χ0n) is 7.59. The van der Waals surface area contributed by atoms with Gasteiger partial charge < -0.3 is 15.2 Å². The quantitative estimate of drug-likeness (QED) is 0.596. The van der Waals surface area contributed by atoms with Crippen molar-refractivity contribution in [1.82, 2.24) is 5.32 Å². The van der Waals surface area contributed by atoms with E-state index in [1.165, 1.54) is 12.8 Å². The van der Waals surface area contributed by atoms with Crippen LogP contribution in [0.15, 0.2) is 0 Å². The monoisotopic (exact) mass is 173 g/mol. The summed E-state index contributed by atoms with van der Waals surface area (Å²) < 4.78 is 5.61. The van der Waals surface area contributed by atoms with E-state index in [2.05, 4.69) is 5.32 Å². The van der Waals surface area contributed by atoms with Crippen molar-refractivity contribution in [2.24, 2.45) is 0 Å². The molecule has 1 atom stereocenters. The van der Waals surface area contributed by atoms with Gasteiger partial charge in [-0.1, -0.05) is 0 Å². The Morgan fingerprint density at radius 2 is 2.33 bits per heavy atom. The lowest BCUT2D eigenvalue weighted by Gasteiger charge is -2.22. The number of nitrogens with one attached hydrogen (secondary N) is 1. The van der Waals surface area contributed by atoms with Crippen molar-refractivity contribution in [2.45, 2.75) is 31.8 Å². The molecular weight excluding hydrogens is 154 g/mol. The zero-order chi connectivity index (χ0) is 8.65. The predicted octanol–water partition coefficient (Wildman–Crippen LogP) is 0.527. The lowest BCUT2D eigenvalue weighted by atomic mass is 10.1. The van der Waals surface area contributed by atoms with Gasteiger partial charge in [-0.15, -0.1) is 0 Å². The fraction of sp³-hybridized carbons (Fsp3) is 1.00. The van der Waals surface area contributed by atoms with Gasteiger partial charge in [0.2, 0.25) is 0 Å². The van der Waals surface area contributed by atoms with Crippen LogP contribution in [0.3, 0.4) is 0 Å². The maximum absolute atomic E-state index is 8.54. The normalized spacial score (nSPS) is 24.2. The Bertz CT molecular complexity index is 103. The molecule has 0 aromatic carbocycles. The summed E-state index contributed by atoms with van der Waals surface area (Å²) >= 11 is 0. The van der Waals surface area contributed by atoms with E-state index >= 15 is 0 Å². The third kappa shape index (κ3) is 4.04. The highest BCUT2D eigenvalue weighted by Gasteiger charge is 2.11. The number of ether oxygens (including phenoxy) is 1. The fourth-order valence-electron chi connectivity index (χ4n) is 1.43. The van der Waals surface area contributed by atoms with E-state index in [0.29, 0.717) is 6.10 Å². The second-order valence-corrected chi connectivity index (χ2v) is 3.27. The average Bonchev–Trinajstić information content (AvgIpc) is 2.14. The molecule has 1 heterocycles. The Balaban J connectivity index is 1.91. The molecule has 1 aliphatic rings. The highest BCUT2D eigenvalue weighted by atomic mass is 16.5. The Kier molecular flexibility index (Phi) is 5.32. The maximum atomic E-state index is 8.54. The van der Waals surface area contributed by atoms with E-state index < -0.39 is 0 Å². The topological polar surface area (TPSA) is 41.5 Å². The molecule has 1 fully saturated rings. The van der Waals surface area contributed by atoms with E-state index in [1.54, 1.807) is 0 Å². The highest BCUT2D eigenvalue weighted by Crippen LogP contribution is 2.06. The van der Waals surface area contributed by atoms with Gasteiger partial charge in [0.1, 0.15) is 0 Å². The molecule has 1 rings (SSSR count). The standard InChI is InChI=1S/C9H19NO2/c11-6-1-2-7-12-9-4-3-5-10-8-9/h9-11H,1-8H2/t9-/m0/s1. The van der Waals surface area contributed by atoms with Crippen LogP contribution in [-0.4, -0.2) is 37.5 Å². The Hall–Kier alpha value is -0.120. The van der Waals surface area contributed by atoms with Crippen LogP contribution in [-0.2, 0) is 4.74 Å². The van der Waals surface area contributed by atoms with Crippen LogP contribution in [0.4, 0.5) is 0 Å². The number of aliphatic hydroxyl groups is 1. The van der Waals surface area contributed by atoms with Crippen molar-refractivity contribution in [2.75, 3.05) is 26.3 Å². The molecular formula is C9H19NO2. The Morgan fingerprint density at radius 1 is 1.42 bits per heavy atom. The van der Waals surface area contributed by atoms with Gasteiger partial charge in [-0.3, -0.25) is 0 Å². The third-order valence-corrected chi connectivity index (χ3v) is 2.16. The van der Waals surface area contributed by atoms with Gasteiger partial charge in [0, 0.05) is 19.8 Å². The van der Waals surface area contributed by atoms with E-state index in [4.69, 9.17) is 9.84 Å². The van der Waals surface area contributed by atoms with E-state index in [-0.39, 0.29) is 6.61 Å². The van der Waals surface area contributed by atoms with Gasteiger partial charge in [0.15, 0.2) is 0 Å². The number of rotatable bonds is 5. The Morgan fingerprint density at radius 3 is 3.00 bits per heavy atom. The number of unbranched alkanes of at least 4 members (excludes halogenated alkanes) is 1. The molecule has 3 heteroatoms. The molecule has 72 valence electrons. The summed E-state index contributed by atoms with van der Waals surface area (Å²) in [5.74, 6) is 0. The first kappa shape index (κ1) is 9.96. The van der Waals surface area contributed by atoms with Crippen molar-refractivity contribution in [3.8, 4) is 0 Å². The molecule has 0 radical (unpaired) electrons. The molecule has 0 saturated carbocycles. The van der Waals surface area contributed by atoms with Crippen LogP contribution in [0.5, 0.6) is 0 Å². The van der Waals surface area contributed by atoms with Gasteiger partial charge in [0.25, 0.3) is 0 Å². The summed E-state index contributed by atoms with van der Waals surface area (Å²) in [4.78, 5) is 0. The van der Waals surface area contributed by atoms with Crippen LogP contribution in [0.25, 0.3) is 0 Å². The van der Waals surface area contributed by atoms with Crippen LogP contribution in [0.1, 0.15) is 25.7 Å². The number of aliphatic hydroxyl groups excluding tert-OH is 1. The van der Waals surface area contributed by atoms with Gasteiger partial charge >= 0.3 is 0 Å². The lowest BCUT2D eigenvalue weighted by Crippen LogP contribution is -2.35. The first-order valence-electron chi connectivity index (χ1n) is 4.86. The maximum Gasteiger partial charge on any atom is 0.0699 e. The van der Waals surface area contributed by atoms with Gasteiger partial charge in [0.05, 0.1) is 6.10 Å². The minimum Gasteiger partial charge on any atom is -0.396 e. The SMILES string of the molecule is OCCCCO[C@H]1CCCNC1. The van der Waals surface area contributed by atoms with Crippen LogP contribution in [0.2, 0.25) is 0 Å². The Labute approximate surface area is 74.1 Å². The first-order chi connectivity index (χ1) is 5.93. The minimum atomic E-state index is 0.284. The van der Waals surface area contributed by atoms with Crippen molar-refractivity contribution in [3.05, 3.63) is 0 Å². The summed E-state index contributed by atoms with van der Waals surface area (Å²) in [6.45, 7) is 3.22. The number of piperidine rings is 1. The van der Waals surface area contributed by atoms with Gasteiger partial charge in [-0.25, -0.2) is 0 Å². The lowest BCUT2D eigenvalue weighted by molar-refractivity contribution is 0.0332. The summed E-state index contributed by atoms with van der Waals surface area (Å²) in [6.07, 6.45) is 4.67. The molecule has 0 aliphatic carbocycles. The van der Waals surface area contributed by atoms with E-state index in [9.17, 15) is 0 Å². The zero-order valence-corrected chi connectivity index (χ0v) is 7.59. The van der Waals surface area contributed by atoms with Crippen LogP contribution >= 0.6 is 0 Å². The molecule has 2 N–H and O–H groups in total. The van der Waals surface area contributed by atoms with Crippen LogP contribution in [0, 0.1) is 0 Å². The molecule has 1 aliphatic heterocycles. The summed E-state index contributed by atoms with van der Waals surface area (Å²) in [7, 11) is 0. The molecule has 1 saturated heterocycles. The molecule has 0 spiro atoms. The molecule has 3 nitrogen and oxygen atoms in total. The van der Waals surface area contributed by atoms with E-state index in [1.807, 2.05) is 0 Å². The third-order valence-electron chi connectivity index (χ3n) is 2.16. The second kappa shape index (κ2) is 6.40. The van der Waals surface area contributed by atoms with Gasteiger partial charge in [-0.2, -0.15) is 0 Å². The smallest absolute Gasteiger partial charge is 0.0699 e. The van der Waals surface area contributed by atoms with Crippen molar-refractivity contribution in [1.29, 1.82) is 0 Å². The van der Waals surface area contributed by atoms with Crippen LogP contribution < -0.4 is 5.32 Å². The highest BCUT2D eigenvalue weighted by molar-refractivity contribution is 4.68. The number of hydrogen-bond donors (Lipinski definition) is 2. The van der Waals surface area contributed by atoms with Crippen molar-refractivity contribution >= 4 is 0 Å². The molecule has 0 unspecified atom stereocenters. The average molecular weight is 173 g/mol. The van der Waals surface area contributed by atoms with E-state index in [0.717, 1.165) is 32.5 Å². The van der Waals surface area contributed by atoms with Crippen molar-refractivity contribution in [3.63, 3.8) is 0 Å². The fourth-order valence-corrected chi connectivity index (χ4v) is 1.43. The molecule has 0 aromatic heterocycles. The molecule has 12 heavy (non-hydrogen) atoms. The summed E-state index contributed by atoms with van der Waals surface area (Å²) in [5.41, 5.74) is 0. The summed E-state index contributed by atoms with van der Waals surface area (Å²) in [6, 6.07) is 0. The first-order valence-corrected chi connectivity index (χ1v) is 4.86. The van der Waals surface area contributed by atoms with Crippen molar-refractivity contribution < 1.29 is 9.84 Å². The predicted molar refractivity (Wildman–Crippen MR) is 48.2 cm³/mol. The summed E-state index contributed by atoms with van der Waals surface area (Å²) in [5, 5.41) is 11.8. The molecule has 0 aromatic rings. The molecule has 0 amide bonds. The van der Waals surface area contributed by atoms with Gasteiger partial charge in [-0.05, 0) is 32.2 Å². The second-order valence-electron chi connectivity index (χ2n) is 3.27. The largest absolute Gasteiger partial charge is 0.396 e. The molecule has 0 bridgehead atoms. The number of hydrogen-bond acceptors (Lipinski definition) is 3.